The van der Waals surface area contributed by atoms with E-state index in [9.17, 15) is 0 Å². The lowest BCUT2D eigenvalue weighted by atomic mass is 10.0. The van der Waals surface area contributed by atoms with Crippen molar-refractivity contribution in [2.45, 2.75) is 13.0 Å². The van der Waals surface area contributed by atoms with Gasteiger partial charge in [-0.2, -0.15) is 0 Å². The number of aromatic nitrogens is 3. The molecule has 0 aliphatic heterocycles. The molecule has 27 heavy (non-hydrogen) atoms. The first-order chi connectivity index (χ1) is 13.2. The second kappa shape index (κ2) is 7.41. The van der Waals surface area contributed by atoms with Crippen LogP contribution in [0.1, 0.15) is 18.5 Å². The number of pyridine rings is 1. The van der Waals surface area contributed by atoms with Gasteiger partial charge >= 0.3 is 0 Å². The number of rotatable bonds is 5. The van der Waals surface area contributed by atoms with E-state index in [1.807, 2.05) is 48.7 Å². The van der Waals surface area contributed by atoms with E-state index in [-0.39, 0.29) is 6.04 Å². The maximum atomic E-state index is 5.14. The third-order valence-corrected chi connectivity index (χ3v) is 4.57. The quantitative estimate of drug-likeness (QED) is 0.552. The Morgan fingerprint density at radius 3 is 2.44 bits per heavy atom. The zero-order valence-electron chi connectivity index (χ0n) is 15.3. The summed E-state index contributed by atoms with van der Waals surface area (Å²) in [5.74, 6) is 1.42. The average Bonchev–Trinajstić information content (AvgIpc) is 2.74. The number of anilines is 1. The summed E-state index contributed by atoms with van der Waals surface area (Å²) in [6.07, 6.45) is 3.40. The molecule has 0 radical (unpaired) electrons. The van der Waals surface area contributed by atoms with Crippen LogP contribution in [0.2, 0.25) is 0 Å². The van der Waals surface area contributed by atoms with Crippen LogP contribution in [0.5, 0.6) is 5.88 Å². The summed E-state index contributed by atoms with van der Waals surface area (Å²) in [4.78, 5) is 13.2. The molecule has 0 aliphatic carbocycles. The molecule has 4 aromatic rings. The van der Waals surface area contributed by atoms with E-state index < -0.39 is 0 Å². The minimum atomic E-state index is 0.135. The van der Waals surface area contributed by atoms with Crippen LogP contribution in [0.15, 0.2) is 73.2 Å². The first-order valence-electron chi connectivity index (χ1n) is 8.81. The zero-order chi connectivity index (χ0) is 18.6. The Balaban J connectivity index is 1.70. The Morgan fingerprint density at radius 1 is 0.889 bits per heavy atom. The molecule has 5 nitrogen and oxygen atoms in total. The van der Waals surface area contributed by atoms with Gasteiger partial charge in [-0.3, -0.25) is 0 Å². The molecule has 4 rings (SSSR count). The van der Waals surface area contributed by atoms with E-state index in [4.69, 9.17) is 4.74 Å². The lowest BCUT2D eigenvalue weighted by Gasteiger charge is -2.16. The minimum Gasteiger partial charge on any atom is -0.481 e. The molecule has 0 amide bonds. The van der Waals surface area contributed by atoms with Gasteiger partial charge in [0.05, 0.1) is 12.6 Å². The van der Waals surface area contributed by atoms with Crippen LogP contribution < -0.4 is 10.1 Å². The second-order valence-electron chi connectivity index (χ2n) is 6.32. The SMILES string of the molecule is COc1ccc(-c2ccc3ncnc(NC(C)c4ccccc4)c3c2)cn1. The molecule has 0 aliphatic rings. The van der Waals surface area contributed by atoms with Crippen LogP contribution in [-0.4, -0.2) is 22.1 Å². The van der Waals surface area contributed by atoms with Gasteiger partial charge in [-0.05, 0) is 36.2 Å². The van der Waals surface area contributed by atoms with Crippen LogP contribution in [0, 0.1) is 0 Å². The first-order valence-corrected chi connectivity index (χ1v) is 8.81. The van der Waals surface area contributed by atoms with E-state index >= 15 is 0 Å². The fraction of sp³-hybridized carbons (Fsp3) is 0.136. The van der Waals surface area contributed by atoms with Crippen molar-refractivity contribution in [2.24, 2.45) is 0 Å². The molecule has 2 heterocycles. The summed E-state index contributed by atoms with van der Waals surface area (Å²) in [5.41, 5.74) is 4.18. The van der Waals surface area contributed by atoms with Gasteiger partial charge in [-0.25, -0.2) is 15.0 Å². The van der Waals surface area contributed by atoms with Crippen molar-refractivity contribution in [3.63, 3.8) is 0 Å². The first kappa shape index (κ1) is 17.0. The summed E-state index contributed by atoms with van der Waals surface area (Å²) in [6, 6.07) is 20.5. The highest BCUT2D eigenvalue weighted by Gasteiger charge is 2.10. The summed E-state index contributed by atoms with van der Waals surface area (Å²) in [5, 5.41) is 4.49. The van der Waals surface area contributed by atoms with Gasteiger partial charge in [0.15, 0.2) is 0 Å². The van der Waals surface area contributed by atoms with Gasteiger partial charge in [-0.15, -0.1) is 0 Å². The molecule has 0 bridgehead atoms. The van der Waals surface area contributed by atoms with Gasteiger partial charge in [-0.1, -0.05) is 36.4 Å². The van der Waals surface area contributed by atoms with Crippen LogP contribution in [0.4, 0.5) is 5.82 Å². The monoisotopic (exact) mass is 356 g/mol. The minimum absolute atomic E-state index is 0.135. The number of fused-ring (bicyclic) bond motifs is 1. The predicted octanol–water partition coefficient (Wildman–Crippen LogP) is 4.87. The Bertz CT molecular complexity index is 1050. The second-order valence-corrected chi connectivity index (χ2v) is 6.32. The number of methoxy groups -OCH3 is 1. The van der Waals surface area contributed by atoms with E-state index in [2.05, 4.69) is 45.4 Å². The van der Waals surface area contributed by atoms with Crippen LogP contribution >= 0.6 is 0 Å². The molecule has 1 atom stereocenters. The Labute approximate surface area is 158 Å². The van der Waals surface area contributed by atoms with Crippen LogP contribution in [0.25, 0.3) is 22.0 Å². The highest BCUT2D eigenvalue weighted by molar-refractivity contribution is 5.92. The summed E-state index contributed by atoms with van der Waals surface area (Å²) in [7, 11) is 1.61. The van der Waals surface area contributed by atoms with Crippen molar-refractivity contribution in [1.82, 2.24) is 15.0 Å². The molecule has 0 saturated carbocycles. The number of benzene rings is 2. The van der Waals surface area contributed by atoms with Crippen molar-refractivity contribution in [3.8, 4) is 17.0 Å². The maximum absolute atomic E-state index is 5.14. The zero-order valence-corrected chi connectivity index (χ0v) is 15.3. The molecular weight excluding hydrogens is 336 g/mol. The molecule has 1 unspecified atom stereocenters. The molecule has 5 heteroatoms. The summed E-state index contributed by atoms with van der Waals surface area (Å²) in [6.45, 7) is 2.13. The number of hydrogen-bond acceptors (Lipinski definition) is 5. The summed E-state index contributed by atoms with van der Waals surface area (Å²) < 4.78 is 5.14. The Morgan fingerprint density at radius 2 is 1.70 bits per heavy atom. The fourth-order valence-corrected chi connectivity index (χ4v) is 3.05. The van der Waals surface area contributed by atoms with Gasteiger partial charge in [0.25, 0.3) is 0 Å². The third-order valence-electron chi connectivity index (χ3n) is 4.57. The predicted molar refractivity (Wildman–Crippen MR) is 108 cm³/mol. The van der Waals surface area contributed by atoms with E-state index in [0.29, 0.717) is 5.88 Å². The van der Waals surface area contributed by atoms with Gasteiger partial charge in [0, 0.05) is 29.3 Å². The topological polar surface area (TPSA) is 59.9 Å². The van der Waals surface area contributed by atoms with Gasteiger partial charge < -0.3 is 10.1 Å². The van der Waals surface area contributed by atoms with E-state index in [0.717, 1.165) is 27.8 Å². The molecule has 134 valence electrons. The summed E-state index contributed by atoms with van der Waals surface area (Å²) >= 11 is 0. The number of hydrogen-bond donors (Lipinski definition) is 1. The number of ether oxygens (including phenoxy) is 1. The highest BCUT2D eigenvalue weighted by Crippen LogP contribution is 2.29. The van der Waals surface area contributed by atoms with Crippen molar-refractivity contribution in [3.05, 3.63) is 78.8 Å². The smallest absolute Gasteiger partial charge is 0.212 e. The van der Waals surface area contributed by atoms with Gasteiger partial charge in [0.1, 0.15) is 12.1 Å². The van der Waals surface area contributed by atoms with Crippen molar-refractivity contribution >= 4 is 16.7 Å². The normalized spacial score (nSPS) is 11.9. The molecular formula is C22H20N4O. The largest absolute Gasteiger partial charge is 0.481 e. The molecule has 2 aromatic heterocycles. The fourth-order valence-electron chi connectivity index (χ4n) is 3.05. The molecule has 0 fully saturated rings. The van der Waals surface area contributed by atoms with Crippen molar-refractivity contribution in [2.75, 3.05) is 12.4 Å². The van der Waals surface area contributed by atoms with E-state index in [1.54, 1.807) is 13.4 Å². The number of nitrogens with zero attached hydrogens (tertiary/aromatic N) is 3. The van der Waals surface area contributed by atoms with Crippen LogP contribution in [-0.2, 0) is 0 Å². The number of nitrogens with one attached hydrogen (secondary N) is 1. The molecule has 0 spiro atoms. The lowest BCUT2D eigenvalue weighted by molar-refractivity contribution is 0.398. The standard InChI is InChI=1S/C22H20N4O/c1-15(16-6-4-3-5-7-16)26-22-19-12-17(8-10-20(19)24-14-25-22)18-9-11-21(27-2)23-13-18/h3-15H,1-2H3,(H,24,25,26). The van der Waals surface area contributed by atoms with E-state index in [1.165, 1.54) is 5.56 Å². The van der Waals surface area contributed by atoms with Crippen molar-refractivity contribution in [1.29, 1.82) is 0 Å². The average molecular weight is 356 g/mol. The molecule has 2 aromatic carbocycles. The van der Waals surface area contributed by atoms with Crippen LogP contribution in [0.3, 0.4) is 0 Å². The lowest BCUT2D eigenvalue weighted by Crippen LogP contribution is -2.08. The Kier molecular flexibility index (Phi) is 4.66. The van der Waals surface area contributed by atoms with Gasteiger partial charge in [0.2, 0.25) is 5.88 Å². The third kappa shape index (κ3) is 3.58. The highest BCUT2D eigenvalue weighted by atomic mass is 16.5. The maximum Gasteiger partial charge on any atom is 0.212 e. The van der Waals surface area contributed by atoms with Crippen molar-refractivity contribution < 1.29 is 4.74 Å². The molecule has 0 saturated heterocycles. The molecule has 1 N–H and O–H groups in total. The Hall–Kier alpha value is -3.47.